The number of nitrogens with two attached hydrogens (primary N) is 3. The van der Waals surface area contributed by atoms with E-state index in [0.717, 1.165) is 6.42 Å². The summed E-state index contributed by atoms with van der Waals surface area (Å²) >= 11 is 11.5. The number of benzene rings is 1. The summed E-state index contributed by atoms with van der Waals surface area (Å²) in [4.78, 5) is 0. The van der Waals surface area contributed by atoms with Crippen LogP contribution in [0.5, 0.6) is 0 Å². The smallest absolute Gasteiger partial charge is 0.0889 e. The van der Waals surface area contributed by atoms with Crippen LogP contribution < -0.4 is 17.2 Å². The highest BCUT2D eigenvalue weighted by atomic mass is 35.5. The van der Waals surface area contributed by atoms with E-state index in [4.69, 9.17) is 34.7 Å². The van der Waals surface area contributed by atoms with Crippen LogP contribution in [0, 0.1) is 0 Å². The number of hydrogen-bond donors (Lipinski definition) is 3. The van der Waals surface area contributed by atoms with Crippen LogP contribution in [0.15, 0.2) is 30.1 Å². The average Bonchev–Trinajstić information content (AvgIpc) is 2.36. The van der Waals surface area contributed by atoms with Crippen LogP contribution in [0.1, 0.15) is 19.4 Å². The zero-order valence-electron chi connectivity index (χ0n) is 10.5. The molecule has 0 amide bonds. The lowest BCUT2D eigenvalue weighted by Gasteiger charge is -1.97. The number of hydrogen-bond acceptors (Lipinski definition) is 3. The lowest BCUT2D eigenvalue weighted by atomic mass is 10.2. The van der Waals surface area contributed by atoms with Gasteiger partial charge in [0.1, 0.15) is 0 Å². The van der Waals surface area contributed by atoms with Crippen molar-refractivity contribution in [1.82, 2.24) is 0 Å². The Balaban J connectivity index is 0. The maximum atomic E-state index is 5.76. The molecule has 0 unspecified atom stereocenters. The Kier molecular flexibility index (Phi) is 12.6. The molecule has 0 aliphatic rings. The van der Waals surface area contributed by atoms with E-state index in [2.05, 4.69) is 12.7 Å². The van der Waals surface area contributed by atoms with Crippen molar-refractivity contribution in [2.45, 2.75) is 20.3 Å². The first kappa shape index (κ1) is 18.5. The molecule has 0 bridgehead atoms. The normalized spacial score (nSPS) is 8.12. The van der Waals surface area contributed by atoms with Crippen LogP contribution >= 0.6 is 23.2 Å². The van der Waals surface area contributed by atoms with Gasteiger partial charge in [0.05, 0.1) is 15.9 Å². The molecule has 0 saturated heterocycles. The Morgan fingerprint density at radius 2 is 1.65 bits per heavy atom. The fourth-order valence-corrected chi connectivity index (χ4v) is 1.08. The number of halogens is 2. The zero-order chi connectivity index (χ0) is 13.8. The van der Waals surface area contributed by atoms with E-state index in [9.17, 15) is 0 Å². The Morgan fingerprint density at radius 1 is 1.18 bits per heavy atom. The second kappa shape index (κ2) is 11.6. The fourth-order valence-electron chi connectivity index (χ4n) is 0.760. The van der Waals surface area contributed by atoms with Gasteiger partial charge in [-0.2, -0.15) is 0 Å². The Bertz CT molecular complexity index is 335. The molecule has 0 spiro atoms. The lowest BCUT2D eigenvalue weighted by Crippen LogP contribution is -2.06. The summed E-state index contributed by atoms with van der Waals surface area (Å²) in [6.45, 7) is 3.87. The molecule has 0 aromatic heterocycles. The summed E-state index contributed by atoms with van der Waals surface area (Å²) < 4.78 is 0. The Morgan fingerprint density at radius 3 is 1.94 bits per heavy atom. The van der Waals surface area contributed by atoms with E-state index >= 15 is 0 Å². The zero-order valence-corrected chi connectivity index (χ0v) is 12.0. The molecule has 0 saturated carbocycles. The molecule has 17 heavy (non-hydrogen) atoms. The summed E-state index contributed by atoms with van der Waals surface area (Å²) in [6, 6.07) is 5.70. The molecule has 0 radical (unpaired) electrons. The highest BCUT2D eigenvalue weighted by Gasteiger charge is 1.96. The molecule has 1 aromatic carbocycles. The maximum Gasteiger partial charge on any atom is 0.0889 e. The van der Waals surface area contributed by atoms with Gasteiger partial charge in [0.15, 0.2) is 0 Å². The predicted molar refractivity (Wildman–Crippen MR) is 78.1 cm³/mol. The lowest BCUT2D eigenvalue weighted by molar-refractivity contribution is 1.14. The Hall–Kier alpha value is -0.900. The van der Waals surface area contributed by atoms with Gasteiger partial charge < -0.3 is 17.2 Å². The van der Waals surface area contributed by atoms with Gasteiger partial charge in [-0.3, -0.25) is 0 Å². The van der Waals surface area contributed by atoms with Crippen LogP contribution in [0.3, 0.4) is 0 Å². The van der Waals surface area contributed by atoms with E-state index in [1.807, 2.05) is 18.2 Å². The van der Waals surface area contributed by atoms with Crippen LogP contribution in [-0.2, 0) is 6.42 Å². The van der Waals surface area contributed by atoms with E-state index < -0.39 is 0 Å². The predicted octanol–water partition coefficient (Wildman–Crippen LogP) is 2.90. The van der Waals surface area contributed by atoms with E-state index in [-0.39, 0.29) is 0 Å². The largest absolute Gasteiger partial charge is 0.386 e. The molecule has 0 fully saturated rings. The molecule has 0 aliphatic heterocycles. The van der Waals surface area contributed by atoms with Gasteiger partial charge in [-0.1, -0.05) is 36.2 Å². The van der Waals surface area contributed by atoms with Crippen molar-refractivity contribution in [3.63, 3.8) is 0 Å². The average molecular weight is 278 g/mol. The fraction of sp³-hybridized carbons (Fsp3) is 0.333. The third-order valence-corrected chi connectivity index (χ3v) is 2.46. The van der Waals surface area contributed by atoms with Gasteiger partial charge in [-0.25, -0.2) is 0 Å². The first-order valence-electron chi connectivity index (χ1n) is 5.20. The van der Waals surface area contributed by atoms with Crippen LogP contribution in [-0.4, -0.2) is 7.05 Å². The third-order valence-electron chi connectivity index (χ3n) is 1.73. The molecule has 0 aliphatic carbocycles. The Labute approximate surface area is 114 Å². The molecule has 0 heterocycles. The van der Waals surface area contributed by atoms with Gasteiger partial charge >= 0.3 is 0 Å². The summed E-state index contributed by atoms with van der Waals surface area (Å²) in [5.41, 5.74) is 15.6. The van der Waals surface area contributed by atoms with Crippen molar-refractivity contribution in [1.29, 1.82) is 0 Å². The van der Waals surface area contributed by atoms with E-state index in [1.54, 1.807) is 13.0 Å². The van der Waals surface area contributed by atoms with Crippen molar-refractivity contribution < 1.29 is 0 Å². The third kappa shape index (κ3) is 10.00. The van der Waals surface area contributed by atoms with Crippen LogP contribution in [0.4, 0.5) is 0 Å². The second-order valence-corrected chi connectivity index (χ2v) is 3.71. The van der Waals surface area contributed by atoms with Gasteiger partial charge in [-0.15, -0.1) is 0 Å². The van der Waals surface area contributed by atoms with Gasteiger partial charge in [0.2, 0.25) is 0 Å². The quantitative estimate of drug-likeness (QED) is 0.739. The number of allylic oxidation sites excluding steroid dienone is 1. The molecule has 98 valence electrons. The minimum Gasteiger partial charge on any atom is -0.386 e. The van der Waals surface area contributed by atoms with Gasteiger partial charge in [-0.05, 0) is 44.2 Å². The van der Waals surface area contributed by atoms with Gasteiger partial charge in [0.25, 0.3) is 0 Å². The second-order valence-electron chi connectivity index (χ2n) is 2.89. The minimum absolute atomic E-state index is 0.380. The molecular formula is C12H21Cl2N3. The molecule has 6 N–H and O–H groups in total. The molecule has 3 nitrogen and oxygen atoms in total. The van der Waals surface area contributed by atoms with Crippen molar-refractivity contribution in [3.8, 4) is 0 Å². The molecule has 5 heteroatoms. The first-order valence-corrected chi connectivity index (χ1v) is 5.95. The molecule has 1 aromatic rings. The molecular weight excluding hydrogens is 257 g/mol. The van der Waals surface area contributed by atoms with Crippen LogP contribution in [0.2, 0.25) is 10.0 Å². The van der Waals surface area contributed by atoms with Crippen molar-refractivity contribution in [3.05, 3.63) is 45.7 Å². The SMILES string of the molecule is CC=C(N)N.CCc1ccc(Cl)c(Cl)c1.CN. The van der Waals surface area contributed by atoms with Gasteiger partial charge in [0, 0.05) is 0 Å². The monoisotopic (exact) mass is 277 g/mol. The summed E-state index contributed by atoms with van der Waals surface area (Å²) in [5, 5.41) is 1.26. The van der Waals surface area contributed by atoms with E-state index in [0.29, 0.717) is 15.9 Å². The summed E-state index contributed by atoms with van der Waals surface area (Å²) in [7, 11) is 1.50. The van der Waals surface area contributed by atoms with Crippen molar-refractivity contribution in [2.75, 3.05) is 7.05 Å². The highest BCUT2D eigenvalue weighted by molar-refractivity contribution is 6.42. The standard InChI is InChI=1S/C8H8Cl2.C3H8N2.CH5N/c1-2-6-3-4-7(9)8(10)5-6;1-2-3(4)5;1-2/h3-5H,2H2,1H3;2H,4-5H2,1H3;2H2,1H3. The first-order chi connectivity index (χ1) is 8.01. The number of rotatable bonds is 1. The van der Waals surface area contributed by atoms with E-state index in [1.165, 1.54) is 12.6 Å². The number of aryl methyl sites for hydroxylation is 1. The van der Waals surface area contributed by atoms with Crippen molar-refractivity contribution in [2.24, 2.45) is 17.2 Å². The topological polar surface area (TPSA) is 78.1 Å². The minimum atomic E-state index is 0.380. The molecule has 0 atom stereocenters. The molecule has 1 rings (SSSR count). The van der Waals surface area contributed by atoms with Crippen LogP contribution in [0.25, 0.3) is 0 Å². The summed E-state index contributed by atoms with van der Waals surface area (Å²) in [6.07, 6.45) is 2.64. The highest BCUT2D eigenvalue weighted by Crippen LogP contribution is 2.22. The van der Waals surface area contributed by atoms with Crippen molar-refractivity contribution >= 4 is 23.2 Å². The maximum absolute atomic E-state index is 5.76. The summed E-state index contributed by atoms with van der Waals surface area (Å²) in [5.74, 6) is 0.380.